The quantitative estimate of drug-likeness (QED) is 0.0278. The molecule has 0 saturated carbocycles. The van der Waals surface area contributed by atoms with Gasteiger partial charge in [0.25, 0.3) is 35.4 Å². The van der Waals surface area contributed by atoms with E-state index in [0.29, 0.717) is 82.6 Å². The minimum Gasteiger partial charge on any atom is -0.495 e. The number of hydrogen-bond donors (Lipinski definition) is 8. The molecule has 0 unspecified atom stereocenters. The van der Waals surface area contributed by atoms with Gasteiger partial charge < -0.3 is 46.1 Å². The van der Waals surface area contributed by atoms with E-state index in [1.165, 1.54) is 19.4 Å². The van der Waals surface area contributed by atoms with E-state index in [2.05, 4.69) is 151 Å². The van der Waals surface area contributed by atoms with Crippen LogP contribution >= 0.6 is 0 Å². The zero-order chi connectivity index (χ0) is 103. The Morgan fingerprint density at radius 3 is 1.16 bits per heavy atom. The van der Waals surface area contributed by atoms with Gasteiger partial charge in [-0.15, -0.1) is 0 Å². The number of amides is 6. The molecule has 1 aliphatic heterocycles. The summed E-state index contributed by atoms with van der Waals surface area (Å²) < 4.78 is 67.7. The molecule has 30 nitrogen and oxygen atoms in total. The third-order valence-electron chi connectivity index (χ3n) is 22.2. The van der Waals surface area contributed by atoms with Crippen LogP contribution in [-0.4, -0.2) is 134 Å². The summed E-state index contributed by atoms with van der Waals surface area (Å²) in [5.41, 5.74) is 16.9. The molecule has 0 atom stereocenters. The number of ether oxygens (including phenoxy) is 1. The van der Waals surface area contributed by atoms with Crippen LogP contribution in [0.5, 0.6) is 5.75 Å². The second-order valence-electron chi connectivity index (χ2n) is 41.4. The molecule has 12 aromatic rings. The van der Waals surface area contributed by atoms with Crippen LogP contribution in [-0.2, 0) is 37.9 Å². The van der Waals surface area contributed by atoms with Crippen molar-refractivity contribution in [1.82, 2.24) is 55.0 Å². The van der Waals surface area contributed by atoms with Crippen molar-refractivity contribution in [3.05, 3.63) is 274 Å². The van der Waals surface area contributed by atoms with Crippen LogP contribution in [0.4, 0.5) is 28.4 Å². The first-order chi connectivity index (χ1) is 65.5. The van der Waals surface area contributed by atoms with Crippen LogP contribution in [0.1, 0.15) is 245 Å². The Kier molecular flexibility index (Phi) is 34.6. The molecule has 13 rings (SSSR count). The van der Waals surface area contributed by atoms with Gasteiger partial charge in [-0.2, -0.15) is 15.6 Å². The smallest absolute Gasteiger partial charge is 0.277 e. The van der Waals surface area contributed by atoms with Gasteiger partial charge in [0, 0.05) is 125 Å². The number of pyridine rings is 4. The molecular formula is C108H128N18O12S2. The number of hydrogen-bond acceptors (Lipinski definition) is 21. The van der Waals surface area contributed by atoms with Crippen molar-refractivity contribution >= 4 is 83.9 Å². The predicted octanol–water partition coefficient (Wildman–Crippen LogP) is 20.1. The Labute approximate surface area is 822 Å². The van der Waals surface area contributed by atoms with Gasteiger partial charge in [0.15, 0.2) is 5.69 Å². The maximum atomic E-state index is 13.4. The molecule has 7 heterocycles. The summed E-state index contributed by atoms with van der Waals surface area (Å²) in [5, 5.41) is 44.6. The number of aryl methyl sites for hydroxylation is 5. The number of methoxy groups -OCH3 is 1. The topological polar surface area (TPSA) is 422 Å². The van der Waals surface area contributed by atoms with Gasteiger partial charge in [-0.1, -0.05) is 178 Å². The summed E-state index contributed by atoms with van der Waals surface area (Å²) in [6.45, 7) is 47.6. The molecule has 0 bridgehead atoms. The lowest BCUT2D eigenvalue weighted by molar-refractivity contribution is 0.0932. The van der Waals surface area contributed by atoms with Gasteiger partial charge in [-0.25, -0.2) is 26.3 Å². The number of carbonyl (C=O) groups excluding carboxylic acids is 6. The molecular weight excluding hydrogens is 1810 g/mol. The summed E-state index contributed by atoms with van der Waals surface area (Å²) in [7, 11) is -4.07. The fraction of sp³-hybridized carbons (Fsp3) is 0.352. The fourth-order valence-corrected chi connectivity index (χ4v) is 16.7. The second kappa shape index (κ2) is 45.0. The van der Waals surface area contributed by atoms with E-state index in [9.17, 15) is 56.1 Å². The molecule has 8 N–H and O–H groups in total. The minimum atomic E-state index is -3.64. The normalized spacial score (nSPS) is 12.3. The number of sulfonamides is 2. The highest BCUT2D eigenvalue weighted by atomic mass is 32.2. The molecule has 140 heavy (non-hydrogen) atoms. The third kappa shape index (κ3) is 30.3. The van der Waals surface area contributed by atoms with E-state index in [1.54, 1.807) is 121 Å². The van der Waals surface area contributed by atoms with Gasteiger partial charge >= 0.3 is 0 Å². The van der Waals surface area contributed by atoms with Crippen molar-refractivity contribution in [2.45, 2.75) is 186 Å². The first-order valence-corrected chi connectivity index (χ1v) is 48.9. The zero-order valence-corrected chi connectivity index (χ0v) is 86.0. The van der Waals surface area contributed by atoms with Crippen molar-refractivity contribution < 1.29 is 54.9 Å². The molecule has 1 aliphatic rings. The first-order valence-electron chi connectivity index (χ1n) is 46.0. The van der Waals surface area contributed by atoms with E-state index >= 15 is 0 Å². The lowest BCUT2D eigenvalue weighted by Gasteiger charge is -2.22. The van der Waals surface area contributed by atoms with Crippen LogP contribution in [0.15, 0.2) is 209 Å². The molecule has 734 valence electrons. The SMILES string of the molecule is COc1c(C#N)cc(C(C)(C)C)cc1C(=O)Nc1cnc(C)c(-c2ccc(S(=O)(=O)NCC(C)(C)C)cc2)c1.Cc1ncc(NC(=O)c2cc(C#N)cc(N3CCCC3)c2)cc1-c1ccc(S(=O)(=O)NCC(C)(C)C)cc1.Cc1ncc(NC(=O)c2cc(C(C)(C)C)nn2C)cc1-c1ccc(C(=O)NCC(C)(C)C)cc1.Cc1ncc(NC(=O)c2ccon2)cc1-c1ccc(C(=O)NCC(C)(C)C)cc1. The highest BCUT2D eigenvalue weighted by molar-refractivity contribution is 7.89. The minimum absolute atomic E-state index is 0.0209. The molecule has 0 aliphatic carbocycles. The number of anilines is 5. The number of rotatable bonds is 24. The van der Waals surface area contributed by atoms with Crippen LogP contribution < -0.4 is 51.0 Å². The molecule has 1 saturated heterocycles. The van der Waals surface area contributed by atoms with Crippen molar-refractivity contribution in [1.29, 1.82) is 10.5 Å². The maximum absolute atomic E-state index is 13.4. The van der Waals surface area contributed by atoms with Crippen molar-refractivity contribution in [2.24, 2.45) is 28.7 Å². The Hall–Kier alpha value is -14.4. The van der Waals surface area contributed by atoms with Gasteiger partial charge in [0.05, 0.1) is 92.9 Å². The predicted molar refractivity (Wildman–Crippen MR) is 550 cm³/mol. The largest absolute Gasteiger partial charge is 0.495 e. The number of aromatic nitrogens is 7. The Morgan fingerprint density at radius 2 is 0.814 bits per heavy atom. The third-order valence-corrected chi connectivity index (χ3v) is 25.1. The molecule has 0 radical (unpaired) electrons. The van der Waals surface area contributed by atoms with Crippen LogP contribution in [0, 0.1) is 72.0 Å². The summed E-state index contributed by atoms with van der Waals surface area (Å²) in [6.07, 6.45) is 9.90. The van der Waals surface area contributed by atoms with Crippen molar-refractivity contribution in [3.8, 4) is 62.4 Å². The number of carbonyl (C=O) groups is 6. The summed E-state index contributed by atoms with van der Waals surface area (Å²) >= 11 is 0. The molecule has 6 aromatic carbocycles. The van der Waals surface area contributed by atoms with E-state index < -0.39 is 26.0 Å². The fourth-order valence-electron chi connectivity index (χ4n) is 14.2. The zero-order valence-electron chi connectivity index (χ0n) is 84.3. The lowest BCUT2D eigenvalue weighted by Crippen LogP contribution is -2.32. The number of nitrogens with one attached hydrogen (secondary N) is 8. The second-order valence-corrected chi connectivity index (χ2v) is 45.0. The van der Waals surface area contributed by atoms with Gasteiger partial charge in [-0.3, -0.25) is 53.4 Å². The van der Waals surface area contributed by atoms with E-state index in [4.69, 9.17) is 9.26 Å². The van der Waals surface area contributed by atoms with Gasteiger partial charge in [0.2, 0.25) is 20.0 Å². The van der Waals surface area contributed by atoms with Gasteiger partial charge in [-0.05, 0) is 205 Å². The Balaban J connectivity index is 0.000000193. The Bertz CT molecular complexity index is 6840. The van der Waals surface area contributed by atoms with Gasteiger partial charge in [0.1, 0.15) is 23.8 Å². The van der Waals surface area contributed by atoms with Crippen LogP contribution in [0.25, 0.3) is 44.5 Å². The summed E-state index contributed by atoms with van der Waals surface area (Å²) in [4.78, 5) is 96.5. The summed E-state index contributed by atoms with van der Waals surface area (Å²) in [6, 6.07) is 51.5. The monoisotopic (exact) mass is 1930 g/mol. The maximum Gasteiger partial charge on any atom is 0.277 e. The van der Waals surface area contributed by atoms with Crippen molar-refractivity contribution in [3.63, 3.8) is 0 Å². The van der Waals surface area contributed by atoms with E-state index in [0.717, 1.165) is 104 Å². The van der Waals surface area contributed by atoms with Crippen LogP contribution in [0.2, 0.25) is 0 Å². The summed E-state index contributed by atoms with van der Waals surface area (Å²) in [5.74, 6) is -1.37. The van der Waals surface area contributed by atoms with Crippen LogP contribution in [0.3, 0.4) is 0 Å². The molecule has 0 spiro atoms. The highest BCUT2D eigenvalue weighted by Crippen LogP contribution is 2.37. The van der Waals surface area contributed by atoms with E-state index in [1.807, 2.05) is 163 Å². The Morgan fingerprint density at radius 1 is 0.429 bits per heavy atom. The molecule has 6 aromatic heterocycles. The average Bonchev–Trinajstić information content (AvgIpc) is 0.948. The molecule has 32 heteroatoms. The number of benzene rings is 6. The first kappa shape index (κ1) is 108. The highest BCUT2D eigenvalue weighted by Gasteiger charge is 2.29. The standard InChI is InChI=1S/C30H36N4O4S.C29H33N5O3S.C27H35N5O2.C22H24N4O3/c1-19-25(20-9-11-24(12-10-20)39(36,37)33-18-29(2,3)4)15-23(17-32-19)34-28(35)26-14-22(30(5,6)7)13-21(16-31)27(26)38-8;1-20-27(22-7-9-26(10-8-22)38(36,37)32-19-29(2,3)4)16-24(18-31-20)33-28(35)23-13-21(17-30)14-25(15-23)34-11-5-6-12-34;1-17-21(18-9-11-19(12-10-18)24(33)29-16-26(2,3)4)13-20(15-28-17)30-25(34)22-14-23(27(5,6)7)31-32(22)8;1-14-18(11-17(12-23-14)25-21(28)19-9-10-29-26-19)15-5-7-16(8-6-15)20(27)24-13-22(2,3)4/h9-15,17,33H,18H2,1-8H3,(H,34,35);7-10,13-16,18,32H,5-6,11-12,19H2,1-4H3,(H,33,35);9-15H,16H2,1-8H3,(H,29,33)(H,30,34);5-12H,13H2,1-4H3,(H,24,27)(H,25,28). The molecule has 6 amide bonds. The average molecular weight is 1930 g/mol. The van der Waals surface area contributed by atoms with E-state index in [-0.39, 0.29) is 94.4 Å². The van der Waals surface area contributed by atoms with Crippen molar-refractivity contribution in [2.75, 3.05) is 72.5 Å². The number of nitrogens with zero attached hydrogens (tertiary/aromatic N) is 10. The molecule has 1 fully saturated rings. The lowest BCUT2D eigenvalue weighted by atomic mass is 9.84. The number of nitriles is 2.